The molecule has 10 heteroatoms. The van der Waals surface area contributed by atoms with E-state index in [-0.39, 0.29) is 54.3 Å². The molecule has 1 aromatic carbocycles. The van der Waals surface area contributed by atoms with Crippen molar-refractivity contribution in [2.45, 2.75) is 58.0 Å². The van der Waals surface area contributed by atoms with Gasteiger partial charge in [0, 0.05) is 23.7 Å². The summed E-state index contributed by atoms with van der Waals surface area (Å²) in [7, 11) is -3.12. The lowest BCUT2D eigenvalue weighted by Gasteiger charge is -2.33. The Balaban J connectivity index is 1.64. The topological polar surface area (TPSA) is 136 Å². The minimum Gasteiger partial charge on any atom is -0.349 e. The van der Waals surface area contributed by atoms with Gasteiger partial charge in [-0.05, 0) is 37.3 Å². The summed E-state index contributed by atoms with van der Waals surface area (Å²) in [5, 5.41) is 26.0. The van der Waals surface area contributed by atoms with Crippen molar-refractivity contribution in [2.24, 2.45) is 11.8 Å². The molecular formula is C24H35N4O5S+. The number of nitrogens with zero attached hydrogens (tertiary/aromatic N) is 2. The number of hydrogen-bond acceptors (Lipinski definition) is 6. The molecule has 34 heavy (non-hydrogen) atoms. The second kappa shape index (κ2) is 10.8. The maximum Gasteiger partial charge on any atom is 0.251 e. The number of amides is 2. The van der Waals surface area contributed by atoms with Gasteiger partial charge in [0.25, 0.3) is 5.91 Å². The quantitative estimate of drug-likeness (QED) is 0.500. The number of nitriles is 1. The summed E-state index contributed by atoms with van der Waals surface area (Å²) in [6.45, 7) is 4.15. The fourth-order valence-electron chi connectivity index (χ4n) is 4.71. The summed E-state index contributed by atoms with van der Waals surface area (Å²) in [6, 6.07) is 7.78. The highest BCUT2D eigenvalue weighted by molar-refractivity contribution is 7.91. The van der Waals surface area contributed by atoms with Crippen LogP contribution < -0.4 is 15.3 Å². The van der Waals surface area contributed by atoms with Crippen molar-refractivity contribution in [3.63, 3.8) is 0 Å². The summed E-state index contributed by atoms with van der Waals surface area (Å²) in [6.07, 6.45) is 3.73. The third-order valence-electron chi connectivity index (χ3n) is 6.75. The normalized spacial score (nSPS) is 24.6. The lowest BCUT2D eigenvalue weighted by molar-refractivity contribution is -0.127. The van der Waals surface area contributed by atoms with Crippen LogP contribution in [0.25, 0.3) is 0 Å². The number of sulfone groups is 1. The van der Waals surface area contributed by atoms with Gasteiger partial charge in [0.05, 0.1) is 12.0 Å². The molecular weight excluding hydrogens is 456 g/mol. The Morgan fingerprint density at radius 1 is 1.15 bits per heavy atom. The van der Waals surface area contributed by atoms with E-state index in [0.29, 0.717) is 30.5 Å². The second-order valence-electron chi connectivity index (χ2n) is 9.86. The molecule has 186 valence electrons. The van der Waals surface area contributed by atoms with Crippen LogP contribution in [0.2, 0.25) is 0 Å². The highest BCUT2D eigenvalue weighted by Crippen LogP contribution is 2.27. The molecule has 2 fully saturated rings. The summed E-state index contributed by atoms with van der Waals surface area (Å²) in [5.41, 5.74) is 0.938. The van der Waals surface area contributed by atoms with Crippen molar-refractivity contribution >= 4 is 27.3 Å². The molecule has 2 amide bonds. The molecule has 3 atom stereocenters. The van der Waals surface area contributed by atoms with Crippen LogP contribution in [0.1, 0.15) is 56.3 Å². The zero-order valence-electron chi connectivity index (χ0n) is 19.9. The van der Waals surface area contributed by atoms with Crippen LogP contribution >= 0.6 is 0 Å². The van der Waals surface area contributed by atoms with E-state index in [4.69, 9.17) is 0 Å². The number of hydroxylamine groups is 2. The maximum absolute atomic E-state index is 12.9. The van der Waals surface area contributed by atoms with Crippen molar-refractivity contribution < 1.29 is 23.2 Å². The first-order chi connectivity index (χ1) is 16.0. The van der Waals surface area contributed by atoms with Gasteiger partial charge in [-0.25, -0.2) is 13.6 Å². The van der Waals surface area contributed by atoms with E-state index < -0.39 is 20.5 Å². The third-order valence-corrected chi connectivity index (χ3v) is 8.36. The van der Waals surface area contributed by atoms with Gasteiger partial charge in [0.15, 0.2) is 15.5 Å². The number of nitrogens with one attached hydrogen (secondary N) is 2. The Hall–Kier alpha value is -2.48. The van der Waals surface area contributed by atoms with E-state index in [0.717, 1.165) is 12.8 Å². The molecule has 0 spiro atoms. The standard InChI is InChI=1S/C24H34N4O5S/c1-17(2)15-19(16-25)26-24(30)21-5-3-4-6-22(21)27-23(29)18-7-9-20(10-8-18)28(31)11-13-34(32,33)14-12-28/h7-10,17,19,21-22,31H,3-6,11-15H2,1-2H3,(H-,26,27,29,30)/p+1/t19-,21+,22-/m0/s1. The van der Waals surface area contributed by atoms with Crippen LogP contribution in [0, 0.1) is 23.2 Å². The van der Waals surface area contributed by atoms with Gasteiger partial charge < -0.3 is 10.6 Å². The fraction of sp³-hybridized carbons (Fsp3) is 0.625. The number of hydrogen-bond donors (Lipinski definition) is 3. The molecule has 1 aliphatic carbocycles. The molecule has 1 saturated heterocycles. The van der Waals surface area contributed by atoms with Crippen LogP contribution in [0.15, 0.2) is 24.3 Å². The first-order valence-corrected chi connectivity index (χ1v) is 13.8. The molecule has 2 aliphatic rings. The van der Waals surface area contributed by atoms with Crippen molar-refractivity contribution in [1.29, 1.82) is 5.26 Å². The molecule has 3 N–H and O–H groups in total. The smallest absolute Gasteiger partial charge is 0.251 e. The van der Waals surface area contributed by atoms with E-state index >= 15 is 0 Å². The van der Waals surface area contributed by atoms with Gasteiger partial charge in [0.2, 0.25) is 5.91 Å². The number of benzene rings is 1. The highest BCUT2D eigenvalue weighted by Gasteiger charge is 2.38. The molecule has 0 aromatic heterocycles. The van der Waals surface area contributed by atoms with E-state index in [2.05, 4.69) is 16.7 Å². The minimum atomic E-state index is -3.12. The number of carbonyl (C=O) groups is 2. The minimum absolute atomic E-state index is 0.0766. The number of rotatable bonds is 7. The zero-order valence-corrected chi connectivity index (χ0v) is 20.7. The second-order valence-corrected chi connectivity index (χ2v) is 12.2. The summed E-state index contributed by atoms with van der Waals surface area (Å²) < 4.78 is 22.9. The van der Waals surface area contributed by atoms with E-state index in [1.54, 1.807) is 24.3 Å². The van der Waals surface area contributed by atoms with Crippen LogP contribution in [0.4, 0.5) is 5.69 Å². The Labute approximate surface area is 201 Å². The first-order valence-electron chi connectivity index (χ1n) is 11.9. The molecule has 1 aliphatic heterocycles. The summed E-state index contributed by atoms with van der Waals surface area (Å²) >= 11 is 0. The molecule has 1 saturated carbocycles. The molecule has 3 rings (SSSR count). The van der Waals surface area contributed by atoms with E-state index in [1.807, 2.05) is 13.8 Å². The molecule has 0 bridgehead atoms. The van der Waals surface area contributed by atoms with E-state index in [9.17, 15) is 28.5 Å². The molecule has 1 heterocycles. The summed E-state index contributed by atoms with van der Waals surface area (Å²) in [4.78, 5) is 25.8. The lowest BCUT2D eigenvalue weighted by atomic mass is 9.83. The molecule has 9 nitrogen and oxygen atoms in total. The Morgan fingerprint density at radius 2 is 1.76 bits per heavy atom. The molecule has 1 aromatic rings. The average Bonchev–Trinajstić information content (AvgIpc) is 2.81. The Morgan fingerprint density at radius 3 is 2.35 bits per heavy atom. The van der Waals surface area contributed by atoms with Crippen LogP contribution in [0.3, 0.4) is 0 Å². The van der Waals surface area contributed by atoms with Gasteiger partial charge in [0.1, 0.15) is 30.6 Å². The number of quaternary nitrogens is 1. The third kappa shape index (κ3) is 6.56. The lowest BCUT2D eigenvalue weighted by Crippen LogP contribution is -2.55. The molecule has 0 unspecified atom stereocenters. The monoisotopic (exact) mass is 491 g/mol. The Kier molecular flexibility index (Phi) is 8.34. The van der Waals surface area contributed by atoms with Gasteiger partial charge in [-0.2, -0.15) is 5.26 Å². The largest absolute Gasteiger partial charge is 0.349 e. The fourth-order valence-corrected chi connectivity index (χ4v) is 6.07. The van der Waals surface area contributed by atoms with Crippen molar-refractivity contribution in [1.82, 2.24) is 15.3 Å². The van der Waals surface area contributed by atoms with Crippen LogP contribution in [-0.4, -0.2) is 62.1 Å². The van der Waals surface area contributed by atoms with Crippen molar-refractivity contribution in [3.8, 4) is 6.07 Å². The van der Waals surface area contributed by atoms with Crippen molar-refractivity contribution in [2.75, 3.05) is 24.6 Å². The van der Waals surface area contributed by atoms with E-state index in [1.165, 1.54) is 0 Å². The Bertz CT molecular complexity index is 1020. The SMILES string of the molecule is CC(C)C[C@@H](C#N)NC(=O)[C@@H]1CCCC[C@@H]1NC(=O)c1ccc([N+]2(O)CCS(=O)(=O)CC2)cc1. The zero-order chi connectivity index (χ0) is 24.9. The maximum atomic E-state index is 12.9. The highest BCUT2D eigenvalue weighted by atomic mass is 32.2. The molecule has 0 radical (unpaired) electrons. The van der Waals surface area contributed by atoms with Crippen molar-refractivity contribution in [3.05, 3.63) is 29.8 Å². The predicted octanol–water partition coefficient (Wildman–Crippen LogP) is 2.15. The number of carbonyl (C=O) groups excluding carboxylic acids is 2. The van der Waals surface area contributed by atoms with Gasteiger partial charge >= 0.3 is 0 Å². The van der Waals surface area contributed by atoms with Crippen LogP contribution in [-0.2, 0) is 14.6 Å². The average molecular weight is 492 g/mol. The first kappa shape index (κ1) is 26.1. The van der Waals surface area contributed by atoms with Gasteiger partial charge in [-0.1, -0.05) is 26.7 Å². The van der Waals surface area contributed by atoms with Crippen LogP contribution in [0.5, 0.6) is 0 Å². The summed E-state index contributed by atoms with van der Waals surface area (Å²) in [5.74, 6) is -0.771. The predicted molar refractivity (Wildman–Crippen MR) is 129 cm³/mol. The van der Waals surface area contributed by atoms with Gasteiger partial charge in [-0.15, -0.1) is 4.65 Å². The van der Waals surface area contributed by atoms with Gasteiger partial charge in [-0.3, -0.25) is 9.59 Å².